The molecule has 3 N–H and O–H groups in total. The molecule has 0 heterocycles. The van der Waals surface area contributed by atoms with Crippen molar-refractivity contribution in [3.05, 3.63) is 84.9 Å². The first kappa shape index (κ1) is 22.5. The first-order chi connectivity index (χ1) is 14.9. The van der Waals surface area contributed by atoms with Gasteiger partial charge in [0, 0.05) is 16.0 Å². The zero-order chi connectivity index (χ0) is 22.4. The van der Waals surface area contributed by atoms with E-state index in [-0.39, 0.29) is 16.3 Å². The van der Waals surface area contributed by atoms with Crippen LogP contribution in [0.3, 0.4) is 0 Å². The molecule has 0 unspecified atom stereocenters. The van der Waals surface area contributed by atoms with Crippen LogP contribution in [0.5, 0.6) is 5.75 Å². The first-order valence-corrected chi connectivity index (χ1v) is 11.5. The van der Waals surface area contributed by atoms with Crippen molar-refractivity contribution in [3.63, 3.8) is 0 Å². The van der Waals surface area contributed by atoms with Crippen molar-refractivity contribution < 1.29 is 18.4 Å². The summed E-state index contributed by atoms with van der Waals surface area (Å²) in [5, 5.41) is 10.8. The lowest BCUT2D eigenvalue weighted by Crippen LogP contribution is -2.16. The molecule has 0 radical (unpaired) electrons. The Morgan fingerprint density at radius 2 is 1.61 bits per heavy atom. The summed E-state index contributed by atoms with van der Waals surface area (Å²) in [6.45, 7) is 7.53. The number of anilines is 2. The molecular formula is C23H22N2O4S2. The molecule has 31 heavy (non-hydrogen) atoms. The number of rotatable bonds is 9. The second kappa shape index (κ2) is 9.74. The van der Waals surface area contributed by atoms with E-state index < -0.39 is 10.0 Å². The molecule has 0 aliphatic heterocycles. The summed E-state index contributed by atoms with van der Waals surface area (Å²) in [5.41, 5.74) is 3.94. The van der Waals surface area contributed by atoms with Gasteiger partial charge in [-0.2, -0.15) is 0 Å². The largest absolute Gasteiger partial charge is 0.506 e. The molecule has 3 aromatic carbocycles. The summed E-state index contributed by atoms with van der Waals surface area (Å²) in [7, 11) is -2.59. The van der Waals surface area contributed by atoms with Crippen molar-refractivity contribution in [2.24, 2.45) is 0 Å². The van der Waals surface area contributed by atoms with Crippen LogP contribution in [0.15, 0.2) is 88.5 Å². The first-order valence-electron chi connectivity index (χ1n) is 9.20. The zero-order valence-electron chi connectivity index (χ0n) is 16.8. The summed E-state index contributed by atoms with van der Waals surface area (Å²) in [6.07, 6.45) is 2.95. The van der Waals surface area contributed by atoms with Gasteiger partial charge in [0.05, 0.1) is 23.4 Å². The van der Waals surface area contributed by atoms with E-state index in [2.05, 4.69) is 23.4 Å². The summed E-state index contributed by atoms with van der Waals surface area (Å²) >= 11 is 1.31. The number of benzene rings is 3. The molecule has 8 heteroatoms. The third-order valence-corrected chi connectivity index (χ3v) is 6.82. The third-order valence-electron chi connectivity index (χ3n) is 4.36. The molecule has 0 aromatic heterocycles. The second-order valence-corrected chi connectivity index (χ2v) is 9.10. The lowest BCUT2D eigenvalue weighted by Gasteiger charge is -2.18. The molecule has 0 fully saturated rings. The molecule has 6 nitrogen and oxygen atoms in total. The molecule has 0 bridgehead atoms. The van der Waals surface area contributed by atoms with Crippen LogP contribution >= 0.6 is 11.8 Å². The van der Waals surface area contributed by atoms with E-state index >= 15 is 0 Å². The van der Waals surface area contributed by atoms with Crippen LogP contribution in [-0.4, -0.2) is 20.6 Å². The predicted octanol–water partition coefficient (Wildman–Crippen LogP) is 5.60. The Balaban J connectivity index is 2.11. The van der Waals surface area contributed by atoms with Crippen LogP contribution in [0, 0.1) is 0 Å². The fourth-order valence-electron chi connectivity index (χ4n) is 2.98. The van der Waals surface area contributed by atoms with Gasteiger partial charge in [-0.05, 0) is 30.3 Å². The van der Waals surface area contributed by atoms with Gasteiger partial charge in [-0.15, -0.1) is 0 Å². The van der Waals surface area contributed by atoms with Crippen molar-refractivity contribution >= 4 is 45.3 Å². The number of hydrogen-bond acceptors (Lipinski definition) is 6. The molecule has 0 spiro atoms. The van der Waals surface area contributed by atoms with E-state index in [4.69, 9.17) is 4.84 Å². The van der Waals surface area contributed by atoms with Gasteiger partial charge in [0.2, 0.25) is 0 Å². The quantitative estimate of drug-likeness (QED) is 0.288. The maximum Gasteiger partial charge on any atom is 0.264 e. The van der Waals surface area contributed by atoms with Crippen molar-refractivity contribution in [1.82, 2.24) is 0 Å². The van der Waals surface area contributed by atoms with Gasteiger partial charge in [-0.1, -0.05) is 67.4 Å². The van der Waals surface area contributed by atoms with Gasteiger partial charge in [-0.3, -0.25) is 15.0 Å². The lowest BCUT2D eigenvalue weighted by atomic mass is 10.0. The van der Waals surface area contributed by atoms with E-state index in [1.54, 1.807) is 24.3 Å². The monoisotopic (exact) mass is 454 g/mol. The summed E-state index contributed by atoms with van der Waals surface area (Å²) in [4.78, 5) is 6.27. The molecule has 0 amide bonds. The second-order valence-electron chi connectivity index (χ2n) is 6.33. The molecule has 0 saturated heterocycles. The number of aromatic hydroxyl groups is 1. The SMILES string of the molecule is C=Cc1c(NS(=O)(=O)c2ccccc2NOC)cc(Sc2ccccc2)c(O)c1C=C. The van der Waals surface area contributed by atoms with Gasteiger partial charge in [0.1, 0.15) is 10.6 Å². The van der Waals surface area contributed by atoms with Crippen LogP contribution < -0.4 is 10.2 Å². The van der Waals surface area contributed by atoms with Gasteiger partial charge in [0.25, 0.3) is 10.0 Å². The minimum Gasteiger partial charge on any atom is -0.506 e. The fraction of sp³-hybridized carbons (Fsp3) is 0.0435. The van der Waals surface area contributed by atoms with Crippen molar-refractivity contribution in [1.29, 1.82) is 0 Å². The van der Waals surface area contributed by atoms with Crippen molar-refractivity contribution in [3.8, 4) is 5.75 Å². The third kappa shape index (κ3) is 4.93. The number of nitrogens with one attached hydrogen (secondary N) is 2. The number of para-hydroxylation sites is 1. The summed E-state index contributed by atoms with van der Waals surface area (Å²) in [5.74, 6) is 0.00292. The maximum absolute atomic E-state index is 13.2. The Morgan fingerprint density at radius 1 is 0.968 bits per heavy atom. The average Bonchev–Trinajstić information content (AvgIpc) is 2.76. The highest BCUT2D eigenvalue weighted by atomic mass is 32.2. The molecule has 0 atom stereocenters. The lowest BCUT2D eigenvalue weighted by molar-refractivity contribution is 0.270. The standard InChI is InChI=1S/C23H22N2O4S2/c1-4-17-18(5-2)23(26)21(30-16-11-7-6-8-12-16)15-20(17)25-31(27,28)22-14-10-9-13-19(22)24-29-3/h4-15,24-26H,1-2H2,3H3. The molecule has 0 aliphatic carbocycles. The van der Waals surface area contributed by atoms with E-state index in [0.29, 0.717) is 21.7 Å². The normalized spacial score (nSPS) is 11.0. The Morgan fingerprint density at radius 3 is 2.26 bits per heavy atom. The molecule has 3 rings (SSSR count). The number of sulfonamides is 1. The molecule has 0 saturated carbocycles. The fourth-order valence-corrected chi connectivity index (χ4v) is 5.14. The van der Waals surface area contributed by atoms with Crippen LogP contribution in [0.2, 0.25) is 0 Å². The number of hydrogen-bond donors (Lipinski definition) is 3. The zero-order valence-corrected chi connectivity index (χ0v) is 18.5. The highest BCUT2D eigenvalue weighted by molar-refractivity contribution is 7.99. The predicted molar refractivity (Wildman–Crippen MR) is 127 cm³/mol. The average molecular weight is 455 g/mol. The van der Waals surface area contributed by atoms with E-state index in [9.17, 15) is 13.5 Å². The Bertz CT molecular complexity index is 1210. The van der Waals surface area contributed by atoms with Gasteiger partial charge >= 0.3 is 0 Å². The number of phenolic OH excluding ortho intramolecular Hbond substituents is 1. The molecule has 3 aromatic rings. The topological polar surface area (TPSA) is 87.7 Å². The summed E-state index contributed by atoms with van der Waals surface area (Å²) in [6, 6.07) is 17.4. The minimum atomic E-state index is -3.99. The Labute approximate surface area is 186 Å². The minimum absolute atomic E-state index is 0.00292. The maximum atomic E-state index is 13.2. The van der Waals surface area contributed by atoms with Crippen LogP contribution in [0.1, 0.15) is 11.1 Å². The van der Waals surface area contributed by atoms with Crippen molar-refractivity contribution in [2.75, 3.05) is 17.3 Å². The molecule has 0 aliphatic rings. The smallest absolute Gasteiger partial charge is 0.264 e. The van der Waals surface area contributed by atoms with E-state index in [0.717, 1.165) is 4.90 Å². The molecule has 160 valence electrons. The Kier molecular flexibility index (Phi) is 7.06. The Hall–Kier alpha value is -3.20. The van der Waals surface area contributed by atoms with Crippen LogP contribution in [0.4, 0.5) is 11.4 Å². The van der Waals surface area contributed by atoms with Crippen molar-refractivity contribution in [2.45, 2.75) is 14.7 Å². The molecular weight excluding hydrogens is 432 g/mol. The van der Waals surface area contributed by atoms with E-state index in [1.165, 1.54) is 37.1 Å². The van der Waals surface area contributed by atoms with Gasteiger partial charge < -0.3 is 5.11 Å². The van der Waals surface area contributed by atoms with Gasteiger partial charge in [0.15, 0.2) is 0 Å². The highest BCUT2D eigenvalue weighted by Crippen LogP contribution is 2.42. The van der Waals surface area contributed by atoms with Crippen LogP contribution in [-0.2, 0) is 14.9 Å². The summed E-state index contributed by atoms with van der Waals surface area (Å²) < 4.78 is 29.0. The van der Waals surface area contributed by atoms with Crippen LogP contribution in [0.25, 0.3) is 12.2 Å². The van der Waals surface area contributed by atoms with Gasteiger partial charge in [-0.25, -0.2) is 8.42 Å². The highest BCUT2D eigenvalue weighted by Gasteiger charge is 2.22. The van der Waals surface area contributed by atoms with E-state index in [1.807, 2.05) is 30.3 Å². The number of phenols is 1.